The zero-order valence-electron chi connectivity index (χ0n) is 14.2. The van der Waals surface area contributed by atoms with Crippen LogP contribution in [0.5, 0.6) is 11.5 Å². The highest BCUT2D eigenvalue weighted by Crippen LogP contribution is 2.28. The normalized spacial score (nSPS) is 16.2. The number of hydrogen-bond acceptors (Lipinski definition) is 5. The van der Waals surface area contributed by atoms with E-state index in [1.54, 1.807) is 24.3 Å². The summed E-state index contributed by atoms with van der Waals surface area (Å²) in [4.78, 5) is 35.3. The Morgan fingerprint density at radius 3 is 2.65 bits per heavy atom. The minimum absolute atomic E-state index is 0. The highest BCUT2D eigenvalue weighted by Gasteiger charge is 2.29. The third kappa shape index (κ3) is 5.66. The topological polar surface area (TPSA) is 119 Å². The van der Waals surface area contributed by atoms with Crippen LogP contribution in [-0.4, -0.2) is 54.6 Å². The number of benzene rings is 1. The Morgan fingerprint density at radius 2 is 2.08 bits per heavy atom. The summed E-state index contributed by atoms with van der Waals surface area (Å²) in [7, 11) is 1.46. The lowest BCUT2D eigenvalue weighted by molar-refractivity contribution is -0.141. The van der Waals surface area contributed by atoms with E-state index in [0.717, 1.165) is 0 Å². The molecule has 0 bridgehead atoms. The minimum Gasteiger partial charge on any atom is -0.493 e. The van der Waals surface area contributed by atoms with E-state index in [0.29, 0.717) is 30.0 Å². The highest BCUT2D eigenvalue weighted by molar-refractivity contribution is 5.92. The summed E-state index contributed by atoms with van der Waals surface area (Å²) in [5.41, 5.74) is 5.74. The van der Waals surface area contributed by atoms with Crippen molar-refractivity contribution < 1.29 is 29.0 Å². The van der Waals surface area contributed by atoms with Gasteiger partial charge >= 0.3 is 5.97 Å². The molecule has 1 aromatic carbocycles. The van der Waals surface area contributed by atoms with E-state index >= 15 is 0 Å². The number of rotatable bonds is 7. The van der Waals surface area contributed by atoms with Crippen molar-refractivity contribution in [2.45, 2.75) is 6.42 Å². The predicted molar refractivity (Wildman–Crippen MR) is 96.3 cm³/mol. The van der Waals surface area contributed by atoms with Gasteiger partial charge in [-0.2, -0.15) is 0 Å². The molecule has 8 nitrogen and oxygen atoms in total. The molecule has 0 radical (unpaired) electrons. The number of halogens is 1. The molecular weight excluding hydrogens is 364 g/mol. The second-order valence-electron chi connectivity index (χ2n) is 5.61. The molecule has 3 N–H and O–H groups in total. The molecule has 0 aliphatic carbocycles. The van der Waals surface area contributed by atoms with Gasteiger partial charge in [0, 0.05) is 19.2 Å². The second-order valence-corrected chi connectivity index (χ2v) is 5.61. The maximum absolute atomic E-state index is 12.1. The van der Waals surface area contributed by atoms with E-state index < -0.39 is 17.8 Å². The maximum Gasteiger partial charge on any atom is 0.308 e. The number of carboxylic acids is 1. The molecule has 2 rings (SSSR count). The Kier molecular flexibility index (Phi) is 7.92. The quantitative estimate of drug-likeness (QED) is 0.675. The number of carboxylic acid groups (broad SMARTS) is 1. The molecule has 142 valence electrons. The lowest BCUT2D eigenvalue weighted by Gasteiger charge is -2.13. The van der Waals surface area contributed by atoms with Crippen LogP contribution in [0.3, 0.4) is 0 Å². The molecule has 1 atom stereocenters. The van der Waals surface area contributed by atoms with E-state index in [9.17, 15) is 14.4 Å². The third-order valence-corrected chi connectivity index (χ3v) is 3.83. The van der Waals surface area contributed by atoms with Crippen LogP contribution in [0.4, 0.5) is 0 Å². The number of aliphatic carboxylic acids is 1. The smallest absolute Gasteiger partial charge is 0.308 e. The second kappa shape index (κ2) is 9.67. The van der Waals surface area contributed by atoms with Crippen LogP contribution in [0.2, 0.25) is 0 Å². The monoisotopic (exact) mass is 384 g/mol. The molecule has 1 heterocycles. The molecule has 1 fully saturated rings. The fourth-order valence-corrected chi connectivity index (χ4v) is 2.49. The number of methoxy groups -OCH3 is 1. The van der Waals surface area contributed by atoms with Crippen molar-refractivity contribution in [1.82, 2.24) is 4.90 Å². The summed E-state index contributed by atoms with van der Waals surface area (Å²) < 4.78 is 10.4. The lowest BCUT2D eigenvalue weighted by Crippen LogP contribution is -2.28. The molecule has 2 amide bonds. The number of nitrogens with two attached hydrogens (primary N) is 1. The number of amides is 2. The van der Waals surface area contributed by atoms with E-state index in [-0.39, 0.29) is 31.5 Å². The van der Waals surface area contributed by atoms with Gasteiger partial charge in [0.2, 0.25) is 5.91 Å². The first kappa shape index (κ1) is 21.3. The average Bonchev–Trinajstić information content (AvgIpc) is 3.08. The van der Waals surface area contributed by atoms with Gasteiger partial charge in [-0.15, -0.1) is 12.4 Å². The first-order valence-corrected chi connectivity index (χ1v) is 7.69. The summed E-state index contributed by atoms with van der Waals surface area (Å²) in [5.74, 6) is -1.44. The molecule has 1 unspecified atom stereocenters. The first-order valence-electron chi connectivity index (χ1n) is 7.69. The van der Waals surface area contributed by atoms with Gasteiger partial charge in [0.25, 0.3) is 5.91 Å². The average molecular weight is 385 g/mol. The number of primary amides is 1. The van der Waals surface area contributed by atoms with Crippen LogP contribution in [0, 0.1) is 5.92 Å². The molecule has 0 saturated carbocycles. The van der Waals surface area contributed by atoms with Gasteiger partial charge in [0.15, 0.2) is 18.1 Å². The molecule has 9 heteroatoms. The van der Waals surface area contributed by atoms with Crippen molar-refractivity contribution in [3.63, 3.8) is 0 Å². The maximum atomic E-state index is 12.1. The van der Waals surface area contributed by atoms with Crippen molar-refractivity contribution in [3.05, 3.63) is 29.8 Å². The summed E-state index contributed by atoms with van der Waals surface area (Å²) >= 11 is 0. The van der Waals surface area contributed by atoms with Crippen molar-refractivity contribution in [2.75, 3.05) is 26.8 Å². The number of ether oxygens (including phenoxy) is 2. The van der Waals surface area contributed by atoms with Gasteiger partial charge in [-0.1, -0.05) is 6.07 Å². The van der Waals surface area contributed by atoms with E-state index in [1.807, 2.05) is 0 Å². The number of carbonyl (C=O) groups excluding carboxylic acids is 2. The van der Waals surface area contributed by atoms with E-state index in [2.05, 4.69) is 0 Å². The van der Waals surface area contributed by atoms with Crippen molar-refractivity contribution >= 4 is 36.3 Å². The third-order valence-electron chi connectivity index (χ3n) is 3.83. The van der Waals surface area contributed by atoms with Gasteiger partial charge in [-0.05, 0) is 30.2 Å². The van der Waals surface area contributed by atoms with E-state index in [4.69, 9.17) is 20.3 Å². The van der Waals surface area contributed by atoms with Crippen LogP contribution >= 0.6 is 12.4 Å². The number of hydrogen-bond donors (Lipinski definition) is 2. The van der Waals surface area contributed by atoms with Crippen LogP contribution in [0.1, 0.15) is 12.0 Å². The van der Waals surface area contributed by atoms with Crippen molar-refractivity contribution in [2.24, 2.45) is 11.7 Å². The van der Waals surface area contributed by atoms with Crippen LogP contribution in [0.15, 0.2) is 24.3 Å². The summed E-state index contributed by atoms with van der Waals surface area (Å²) in [6.07, 6.45) is 3.47. The van der Waals surface area contributed by atoms with Gasteiger partial charge in [0.05, 0.1) is 13.0 Å². The fourth-order valence-electron chi connectivity index (χ4n) is 2.49. The Bertz CT molecular complexity index is 706. The summed E-state index contributed by atoms with van der Waals surface area (Å²) in [6.45, 7) is 0.398. The summed E-state index contributed by atoms with van der Waals surface area (Å²) in [5, 5.41) is 8.97. The Morgan fingerprint density at radius 1 is 1.35 bits per heavy atom. The zero-order chi connectivity index (χ0) is 18.4. The van der Waals surface area contributed by atoms with Crippen molar-refractivity contribution in [1.29, 1.82) is 0 Å². The first-order chi connectivity index (χ1) is 11.9. The molecule has 1 saturated heterocycles. The number of nitrogens with zero attached hydrogens (tertiary/aromatic N) is 1. The van der Waals surface area contributed by atoms with Crippen LogP contribution < -0.4 is 15.2 Å². The molecular formula is C17H21ClN2O6. The van der Waals surface area contributed by atoms with Gasteiger partial charge in [-0.25, -0.2) is 0 Å². The van der Waals surface area contributed by atoms with E-state index in [1.165, 1.54) is 18.1 Å². The molecule has 0 aromatic heterocycles. The van der Waals surface area contributed by atoms with Crippen molar-refractivity contribution in [3.8, 4) is 11.5 Å². The van der Waals surface area contributed by atoms with Crippen LogP contribution in [-0.2, 0) is 14.4 Å². The highest BCUT2D eigenvalue weighted by atomic mass is 35.5. The standard InChI is InChI=1S/C17H20N2O6.ClH/c1-24-14-8-11(2-4-13(14)25-10-15(18)20)3-5-16(21)19-7-6-12(9-19)17(22)23;/h2-5,8,12H,6-7,9-10H2,1H3,(H2,18,20)(H,22,23);1H. The predicted octanol–water partition coefficient (Wildman–Crippen LogP) is 0.927. The molecule has 1 aliphatic heterocycles. The molecule has 1 aliphatic rings. The molecule has 0 spiro atoms. The zero-order valence-corrected chi connectivity index (χ0v) is 15.0. The molecule has 26 heavy (non-hydrogen) atoms. The minimum atomic E-state index is -0.879. The lowest BCUT2D eigenvalue weighted by atomic mass is 10.1. The summed E-state index contributed by atoms with van der Waals surface area (Å²) in [6, 6.07) is 4.97. The largest absolute Gasteiger partial charge is 0.493 e. The Hall–Kier alpha value is -2.74. The fraction of sp³-hybridized carbons (Fsp3) is 0.353. The Balaban J connectivity index is 0.00000338. The Labute approximate surface area is 157 Å². The SMILES string of the molecule is COc1cc(C=CC(=O)N2CCC(C(=O)O)C2)ccc1OCC(N)=O.Cl. The number of likely N-dealkylation sites (tertiary alicyclic amines) is 1. The van der Waals surface area contributed by atoms with Gasteiger partial charge in [0.1, 0.15) is 0 Å². The van der Waals surface area contributed by atoms with Gasteiger partial charge in [-0.3, -0.25) is 14.4 Å². The van der Waals surface area contributed by atoms with Crippen LogP contribution in [0.25, 0.3) is 6.08 Å². The molecule has 1 aromatic rings. The number of carbonyl (C=O) groups is 3. The van der Waals surface area contributed by atoms with Gasteiger partial charge < -0.3 is 25.2 Å².